The summed E-state index contributed by atoms with van der Waals surface area (Å²) in [7, 11) is 0. The van der Waals surface area contributed by atoms with Crippen molar-refractivity contribution in [3.8, 4) is 0 Å². The molecule has 0 aliphatic rings. The standard InChI is InChI=1S/C23H29FN2O2/c1-5-21(23(28)25-16(2)3)26(15-19-9-7-6-8-17(19)4)22(27)14-18-10-12-20(24)13-11-18/h6-13,16,21H,5,14-15H2,1-4H3,(H,25,28). The van der Waals surface area contributed by atoms with E-state index in [0.717, 1.165) is 16.7 Å². The topological polar surface area (TPSA) is 49.4 Å². The zero-order valence-corrected chi connectivity index (χ0v) is 17.0. The number of nitrogens with one attached hydrogen (secondary N) is 1. The van der Waals surface area contributed by atoms with Gasteiger partial charge in [0.05, 0.1) is 6.42 Å². The minimum atomic E-state index is -0.560. The average Bonchev–Trinajstić information content (AvgIpc) is 2.64. The minimum absolute atomic E-state index is 0.00550. The van der Waals surface area contributed by atoms with Gasteiger partial charge >= 0.3 is 0 Å². The molecule has 0 saturated heterocycles. The lowest BCUT2D eigenvalue weighted by atomic mass is 10.0. The van der Waals surface area contributed by atoms with Gasteiger partial charge < -0.3 is 10.2 Å². The molecule has 2 aromatic carbocycles. The van der Waals surface area contributed by atoms with Gasteiger partial charge in [-0.15, -0.1) is 0 Å². The quantitative estimate of drug-likeness (QED) is 0.748. The first kappa shape index (κ1) is 21.6. The maximum absolute atomic E-state index is 13.2. The number of carbonyl (C=O) groups is 2. The third kappa shape index (κ3) is 5.91. The van der Waals surface area contributed by atoms with E-state index in [-0.39, 0.29) is 30.1 Å². The lowest BCUT2D eigenvalue weighted by molar-refractivity contribution is -0.141. The number of rotatable bonds is 8. The zero-order valence-electron chi connectivity index (χ0n) is 17.0. The van der Waals surface area contributed by atoms with Crippen molar-refractivity contribution in [3.63, 3.8) is 0 Å². The first-order chi connectivity index (χ1) is 13.3. The Labute approximate surface area is 166 Å². The number of hydrogen-bond donors (Lipinski definition) is 1. The number of benzene rings is 2. The summed E-state index contributed by atoms with van der Waals surface area (Å²) in [5.74, 6) is -0.644. The number of carbonyl (C=O) groups excluding carboxylic acids is 2. The highest BCUT2D eigenvalue weighted by Crippen LogP contribution is 2.17. The van der Waals surface area contributed by atoms with Gasteiger partial charge in [0, 0.05) is 12.6 Å². The molecule has 1 atom stereocenters. The van der Waals surface area contributed by atoms with Crippen LogP contribution in [0.15, 0.2) is 48.5 Å². The van der Waals surface area contributed by atoms with E-state index in [1.807, 2.05) is 52.0 Å². The van der Waals surface area contributed by atoms with Crippen LogP contribution in [0.25, 0.3) is 0 Å². The summed E-state index contributed by atoms with van der Waals surface area (Å²) in [5, 5.41) is 2.92. The molecular formula is C23H29FN2O2. The fraction of sp³-hybridized carbons (Fsp3) is 0.391. The van der Waals surface area contributed by atoms with Crippen LogP contribution in [-0.2, 0) is 22.6 Å². The Morgan fingerprint density at radius 3 is 2.29 bits per heavy atom. The monoisotopic (exact) mass is 384 g/mol. The number of halogens is 1. The molecule has 0 heterocycles. The van der Waals surface area contributed by atoms with Crippen LogP contribution < -0.4 is 5.32 Å². The van der Waals surface area contributed by atoms with Gasteiger partial charge in [0.2, 0.25) is 11.8 Å². The summed E-state index contributed by atoms with van der Waals surface area (Å²) < 4.78 is 13.2. The second-order valence-corrected chi connectivity index (χ2v) is 7.34. The van der Waals surface area contributed by atoms with E-state index < -0.39 is 6.04 Å². The van der Waals surface area contributed by atoms with Gasteiger partial charge in [0.1, 0.15) is 11.9 Å². The van der Waals surface area contributed by atoms with Gasteiger partial charge in [-0.05, 0) is 56.0 Å². The fourth-order valence-electron chi connectivity index (χ4n) is 3.15. The van der Waals surface area contributed by atoms with Crippen LogP contribution in [0.3, 0.4) is 0 Å². The largest absolute Gasteiger partial charge is 0.352 e. The Hall–Kier alpha value is -2.69. The molecule has 2 aromatic rings. The summed E-state index contributed by atoms with van der Waals surface area (Å²) in [6.07, 6.45) is 0.636. The molecule has 28 heavy (non-hydrogen) atoms. The van der Waals surface area contributed by atoms with Gasteiger partial charge in [-0.1, -0.05) is 43.3 Å². The van der Waals surface area contributed by atoms with Gasteiger partial charge in [0.15, 0.2) is 0 Å². The molecule has 0 bridgehead atoms. The number of hydrogen-bond acceptors (Lipinski definition) is 2. The Morgan fingerprint density at radius 1 is 1.07 bits per heavy atom. The van der Waals surface area contributed by atoms with Crippen molar-refractivity contribution < 1.29 is 14.0 Å². The zero-order chi connectivity index (χ0) is 20.7. The van der Waals surface area contributed by atoms with Gasteiger partial charge in [-0.3, -0.25) is 9.59 Å². The minimum Gasteiger partial charge on any atom is -0.352 e. The molecular weight excluding hydrogens is 355 g/mol. The van der Waals surface area contributed by atoms with E-state index in [1.165, 1.54) is 12.1 Å². The second-order valence-electron chi connectivity index (χ2n) is 7.34. The van der Waals surface area contributed by atoms with Crippen LogP contribution in [0.5, 0.6) is 0 Å². The Morgan fingerprint density at radius 2 is 1.71 bits per heavy atom. The fourth-order valence-corrected chi connectivity index (χ4v) is 3.15. The number of nitrogens with zero attached hydrogens (tertiary/aromatic N) is 1. The van der Waals surface area contributed by atoms with E-state index in [4.69, 9.17) is 0 Å². The molecule has 4 nitrogen and oxygen atoms in total. The average molecular weight is 384 g/mol. The lowest BCUT2D eigenvalue weighted by Gasteiger charge is -2.31. The van der Waals surface area contributed by atoms with E-state index in [9.17, 15) is 14.0 Å². The molecule has 2 rings (SSSR count). The van der Waals surface area contributed by atoms with Gasteiger partial charge in [-0.2, -0.15) is 0 Å². The molecule has 5 heteroatoms. The molecule has 1 N–H and O–H groups in total. The van der Waals surface area contributed by atoms with Crippen molar-refractivity contribution >= 4 is 11.8 Å². The van der Waals surface area contributed by atoms with E-state index in [0.29, 0.717) is 13.0 Å². The van der Waals surface area contributed by atoms with Crippen molar-refractivity contribution in [2.45, 2.75) is 59.2 Å². The molecule has 0 aliphatic carbocycles. The van der Waals surface area contributed by atoms with Crippen LogP contribution in [-0.4, -0.2) is 28.8 Å². The highest BCUT2D eigenvalue weighted by Gasteiger charge is 2.29. The molecule has 0 fully saturated rings. The molecule has 0 spiro atoms. The van der Waals surface area contributed by atoms with Crippen LogP contribution in [0.2, 0.25) is 0 Å². The van der Waals surface area contributed by atoms with Crippen molar-refractivity contribution in [1.29, 1.82) is 0 Å². The Kier molecular flexibility index (Phi) is 7.73. The van der Waals surface area contributed by atoms with E-state index in [1.54, 1.807) is 17.0 Å². The summed E-state index contributed by atoms with van der Waals surface area (Å²) in [6, 6.07) is 13.2. The van der Waals surface area contributed by atoms with Crippen LogP contribution >= 0.6 is 0 Å². The first-order valence-corrected chi connectivity index (χ1v) is 9.70. The van der Waals surface area contributed by atoms with Crippen molar-refractivity contribution in [3.05, 3.63) is 71.0 Å². The van der Waals surface area contributed by atoms with E-state index >= 15 is 0 Å². The summed E-state index contributed by atoms with van der Waals surface area (Å²) in [4.78, 5) is 27.5. The SMILES string of the molecule is CCC(C(=O)NC(C)C)N(Cc1ccccc1C)C(=O)Cc1ccc(F)cc1. The predicted molar refractivity (Wildman–Crippen MR) is 109 cm³/mol. The van der Waals surface area contributed by atoms with E-state index in [2.05, 4.69) is 5.32 Å². The smallest absolute Gasteiger partial charge is 0.243 e. The maximum Gasteiger partial charge on any atom is 0.243 e. The third-order valence-corrected chi connectivity index (χ3v) is 4.69. The summed E-state index contributed by atoms with van der Waals surface area (Å²) in [6.45, 7) is 8.05. The van der Waals surface area contributed by atoms with Crippen molar-refractivity contribution in [2.24, 2.45) is 0 Å². The molecule has 1 unspecified atom stereocenters. The van der Waals surface area contributed by atoms with Gasteiger partial charge in [-0.25, -0.2) is 4.39 Å². The normalized spacial score (nSPS) is 11.9. The molecule has 0 saturated carbocycles. The summed E-state index contributed by atoms with van der Waals surface area (Å²) >= 11 is 0. The highest BCUT2D eigenvalue weighted by molar-refractivity contribution is 5.88. The highest BCUT2D eigenvalue weighted by atomic mass is 19.1. The first-order valence-electron chi connectivity index (χ1n) is 9.70. The lowest BCUT2D eigenvalue weighted by Crippen LogP contribution is -2.50. The van der Waals surface area contributed by atoms with Crippen LogP contribution in [0, 0.1) is 12.7 Å². The Balaban J connectivity index is 2.30. The van der Waals surface area contributed by atoms with Gasteiger partial charge in [0.25, 0.3) is 0 Å². The molecule has 0 aliphatic heterocycles. The van der Waals surface area contributed by atoms with Crippen LogP contribution in [0.1, 0.15) is 43.9 Å². The number of aryl methyl sites for hydroxylation is 1. The second kappa shape index (κ2) is 10.0. The van der Waals surface area contributed by atoms with Crippen molar-refractivity contribution in [2.75, 3.05) is 0 Å². The predicted octanol–water partition coefficient (Wildman–Crippen LogP) is 4.01. The molecule has 150 valence electrons. The van der Waals surface area contributed by atoms with Crippen molar-refractivity contribution in [1.82, 2.24) is 10.2 Å². The molecule has 2 amide bonds. The maximum atomic E-state index is 13.2. The Bertz CT molecular complexity index is 803. The molecule has 0 radical (unpaired) electrons. The summed E-state index contributed by atoms with van der Waals surface area (Å²) in [5.41, 5.74) is 2.80. The molecule has 0 aromatic heterocycles. The number of amides is 2. The van der Waals surface area contributed by atoms with Crippen LogP contribution in [0.4, 0.5) is 4.39 Å². The third-order valence-electron chi connectivity index (χ3n) is 4.69.